The molecule has 144 valence electrons. The van der Waals surface area contributed by atoms with E-state index in [1.165, 1.54) is 25.7 Å². The summed E-state index contributed by atoms with van der Waals surface area (Å²) in [4.78, 5) is 23.6. The molecule has 8 nitrogen and oxygen atoms in total. The fraction of sp³-hybridized carbons (Fsp3) is 0.722. The summed E-state index contributed by atoms with van der Waals surface area (Å²) in [6.07, 6.45) is 8.42. The Labute approximate surface area is 154 Å². The van der Waals surface area contributed by atoms with Crippen LogP contribution in [-0.2, 0) is 9.53 Å². The maximum Gasteiger partial charge on any atom is 0.317 e. The van der Waals surface area contributed by atoms with Crippen LogP contribution < -0.4 is 9.64 Å². The van der Waals surface area contributed by atoms with Gasteiger partial charge in [-0.1, -0.05) is 12.8 Å². The lowest BCUT2D eigenvalue weighted by Crippen LogP contribution is -2.48. The zero-order valence-corrected chi connectivity index (χ0v) is 15.3. The van der Waals surface area contributed by atoms with E-state index >= 15 is 0 Å². The number of ether oxygens (including phenoxy) is 2. The van der Waals surface area contributed by atoms with Gasteiger partial charge in [-0.25, -0.2) is 0 Å². The van der Waals surface area contributed by atoms with Crippen molar-refractivity contribution in [3.63, 3.8) is 0 Å². The second-order valence-corrected chi connectivity index (χ2v) is 7.21. The summed E-state index contributed by atoms with van der Waals surface area (Å²) >= 11 is 0. The maximum absolute atomic E-state index is 10.8. The second-order valence-electron chi connectivity index (χ2n) is 7.21. The minimum atomic E-state index is -0.835. The Morgan fingerprint density at radius 3 is 3.00 bits per heavy atom. The summed E-state index contributed by atoms with van der Waals surface area (Å²) in [6, 6.07) is 0. The molecule has 3 rings (SSSR count). The van der Waals surface area contributed by atoms with Crippen LogP contribution in [0.2, 0.25) is 0 Å². The standard InChI is InChI=1S/C18H28N4O4/c1-21(12-18(23)24)10-15-11-22(6-7-25-15)16-8-19-9-17(20-16)26-13-14-4-2-3-5-14/h8-9,14-15H,2-7,10-13H2,1H3,(H,23,24). The van der Waals surface area contributed by atoms with Gasteiger partial charge in [0.15, 0.2) is 5.82 Å². The number of rotatable bonds is 8. The third kappa shape index (κ3) is 5.54. The van der Waals surface area contributed by atoms with Crippen LogP contribution in [0.25, 0.3) is 0 Å². The average molecular weight is 364 g/mol. The van der Waals surface area contributed by atoms with Gasteiger partial charge in [0.2, 0.25) is 5.88 Å². The minimum Gasteiger partial charge on any atom is -0.480 e. The number of hydrogen-bond acceptors (Lipinski definition) is 7. The fourth-order valence-electron chi connectivity index (χ4n) is 3.62. The van der Waals surface area contributed by atoms with E-state index in [1.807, 2.05) is 0 Å². The fourth-order valence-corrected chi connectivity index (χ4v) is 3.62. The van der Waals surface area contributed by atoms with Crippen molar-refractivity contribution in [1.29, 1.82) is 0 Å². The Bertz CT molecular complexity index is 594. The quantitative estimate of drug-likeness (QED) is 0.738. The summed E-state index contributed by atoms with van der Waals surface area (Å²) in [7, 11) is 1.79. The number of aromatic nitrogens is 2. The second kappa shape index (κ2) is 9.14. The molecule has 1 aromatic heterocycles. The van der Waals surface area contributed by atoms with Gasteiger partial charge in [0.05, 0.1) is 38.3 Å². The van der Waals surface area contributed by atoms with Crippen molar-refractivity contribution >= 4 is 11.8 Å². The van der Waals surface area contributed by atoms with E-state index in [2.05, 4.69) is 14.9 Å². The van der Waals surface area contributed by atoms with Crippen LogP contribution in [0.4, 0.5) is 5.82 Å². The monoisotopic (exact) mass is 364 g/mol. The van der Waals surface area contributed by atoms with E-state index in [1.54, 1.807) is 24.3 Å². The number of hydrogen-bond donors (Lipinski definition) is 1. The maximum atomic E-state index is 10.8. The molecule has 26 heavy (non-hydrogen) atoms. The van der Waals surface area contributed by atoms with Crippen molar-refractivity contribution in [2.75, 3.05) is 51.3 Å². The highest BCUT2D eigenvalue weighted by atomic mass is 16.5. The van der Waals surface area contributed by atoms with Gasteiger partial charge in [0, 0.05) is 19.6 Å². The molecule has 1 aliphatic carbocycles. The van der Waals surface area contributed by atoms with Crippen LogP contribution in [0.15, 0.2) is 12.4 Å². The van der Waals surface area contributed by atoms with Gasteiger partial charge in [0.1, 0.15) is 0 Å². The lowest BCUT2D eigenvalue weighted by atomic mass is 10.1. The van der Waals surface area contributed by atoms with Gasteiger partial charge >= 0.3 is 5.97 Å². The van der Waals surface area contributed by atoms with E-state index < -0.39 is 5.97 Å². The predicted molar refractivity (Wildman–Crippen MR) is 96.6 cm³/mol. The number of anilines is 1. The van der Waals surface area contributed by atoms with E-state index in [4.69, 9.17) is 14.6 Å². The molecular formula is C18H28N4O4. The zero-order chi connectivity index (χ0) is 18.4. The van der Waals surface area contributed by atoms with Crippen molar-refractivity contribution < 1.29 is 19.4 Å². The first-order chi connectivity index (χ1) is 12.6. The summed E-state index contributed by atoms with van der Waals surface area (Å²) in [5.41, 5.74) is 0. The highest BCUT2D eigenvalue weighted by Crippen LogP contribution is 2.25. The summed E-state index contributed by atoms with van der Waals surface area (Å²) in [5.74, 6) is 1.15. The van der Waals surface area contributed by atoms with Crippen LogP contribution in [0, 0.1) is 5.92 Å². The average Bonchev–Trinajstić information content (AvgIpc) is 3.13. The summed E-state index contributed by atoms with van der Waals surface area (Å²) in [6.45, 7) is 3.26. The first-order valence-electron chi connectivity index (χ1n) is 9.32. The Hall–Kier alpha value is -1.93. The topological polar surface area (TPSA) is 88.0 Å². The van der Waals surface area contributed by atoms with E-state index in [0.29, 0.717) is 38.1 Å². The number of carbonyl (C=O) groups is 1. The predicted octanol–water partition coefficient (Wildman–Crippen LogP) is 1.27. The summed E-state index contributed by atoms with van der Waals surface area (Å²) < 4.78 is 11.6. The molecule has 0 bridgehead atoms. The van der Waals surface area contributed by atoms with Gasteiger partial charge < -0.3 is 19.5 Å². The lowest BCUT2D eigenvalue weighted by molar-refractivity contribution is -0.138. The van der Waals surface area contributed by atoms with Crippen LogP contribution in [-0.4, -0.2) is 78.5 Å². The van der Waals surface area contributed by atoms with Crippen LogP contribution in [0.5, 0.6) is 5.88 Å². The Morgan fingerprint density at radius 2 is 2.23 bits per heavy atom. The van der Waals surface area contributed by atoms with Gasteiger partial charge in [-0.2, -0.15) is 4.98 Å². The first-order valence-corrected chi connectivity index (χ1v) is 9.32. The molecule has 1 atom stereocenters. The molecule has 1 aliphatic heterocycles. The summed E-state index contributed by atoms with van der Waals surface area (Å²) in [5, 5.41) is 8.88. The molecule has 1 saturated carbocycles. The highest BCUT2D eigenvalue weighted by molar-refractivity contribution is 5.69. The smallest absolute Gasteiger partial charge is 0.317 e. The Morgan fingerprint density at radius 1 is 1.42 bits per heavy atom. The molecule has 2 heterocycles. The third-order valence-electron chi connectivity index (χ3n) is 4.92. The molecule has 0 aromatic carbocycles. The minimum absolute atomic E-state index is 0.00412. The largest absolute Gasteiger partial charge is 0.480 e. The molecule has 2 aliphatic rings. The molecule has 2 fully saturated rings. The molecule has 1 aromatic rings. The van der Waals surface area contributed by atoms with Gasteiger partial charge in [0.25, 0.3) is 0 Å². The van der Waals surface area contributed by atoms with Gasteiger partial charge in [-0.15, -0.1) is 0 Å². The molecule has 0 amide bonds. The number of morpholine rings is 1. The van der Waals surface area contributed by atoms with E-state index in [-0.39, 0.29) is 12.6 Å². The molecule has 8 heteroatoms. The molecule has 0 radical (unpaired) electrons. The van der Waals surface area contributed by atoms with Crippen molar-refractivity contribution in [3.8, 4) is 5.88 Å². The van der Waals surface area contributed by atoms with Crippen LogP contribution >= 0.6 is 0 Å². The van der Waals surface area contributed by atoms with Crippen LogP contribution in [0.3, 0.4) is 0 Å². The normalized spacial score (nSPS) is 21.3. The van der Waals surface area contributed by atoms with Crippen molar-refractivity contribution in [3.05, 3.63) is 12.4 Å². The third-order valence-corrected chi connectivity index (χ3v) is 4.92. The highest BCUT2D eigenvalue weighted by Gasteiger charge is 2.24. The molecular weight excluding hydrogens is 336 g/mol. The van der Waals surface area contributed by atoms with Crippen molar-refractivity contribution in [2.45, 2.75) is 31.8 Å². The molecule has 1 unspecified atom stereocenters. The number of nitrogens with zero attached hydrogens (tertiary/aromatic N) is 4. The van der Waals surface area contributed by atoms with Gasteiger partial charge in [-0.3, -0.25) is 14.7 Å². The number of likely N-dealkylation sites (N-methyl/N-ethyl adjacent to an activating group) is 1. The molecule has 1 saturated heterocycles. The van der Waals surface area contributed by atoms with Crippen molar-refractivity contribution in [2.24, 2.45) is 5.92 Å². The van der Waals surface area contributed by atoms with E-state index in [9.17, 15) is 4.79 Å². The van der Waals surface area contributed by atoms with E-state index in [0.717, 1.165) is 12.4 Å². The van der Waals surface area contributed by atoms with Crippen molar-refractivity contribution in [1.82, 2.24) is 14.9 Å². The first kappa shape index (κ1) is 18.8. The van der Waals surface area contributed by atoms with Gasteiger partial charge in [-0.05, 0) is 25.8 Å². The van der Waals surface area contributed by atoms with Crippen LogP contribution in [0.1, 0.15) is 25.7 Å². The Balaban J connectivity index is 1.54. The number of carboxylic acid groups (broad SMARTS) is 1. The molecule has 0 spiro atoms. The Kier molecular flexibility index (Phi) is 6.62. The molecule has 1 N–H and O–H groups in total. The number of aliphatic carboxylic acids is 1. The zero-order valence-electron chi connectivity index (χ0n) is 15.3. The number of carboxylic acids is 1. The SMILES string of the molecule is CN(CC(=O)O)CC1CN(c2cncc(OCC3CCCC3)n2)CCO1. The lowest BCUT2D eigenvalue weighted by Gasteiger charge is -2.35.